The average molecular weight is 305 g/mol. The van der Waals surface area contributed by atoms with E-state index in [2.05, 4.69) is 35.1 Å². The maximum atomic E-state index is 5.94. The zero-order valence-corrected chi connectivity index (χ0v) is 13.2. The van der Waals surface area contributed by atoms with E-state index in [1.165, 1.54) is 36.6 Å². The van der Waals surface area contributed by atoms with E-state index in [4.69, 9.17) is 11.6 Å². The second kappa shape index (κ2) is 7.75. The number of piperidine rings is 1. The highest BCUT2D eigenvalue weighted by Crippen LogP contribution is 2.23. The van der Waals surface area contributed by atoms with Gasteiger partial charge in [0.1, 0.15) is 0 Å². The van der Waals surface area contributed by atoms with E-state index in [1.54, 1.807) is 11.3 Å². The first kappa shape index (κ1) is 14.7. The lowest BCUT2D eigenvalue weighted by Crippen LogP contribution is -2.30. The molecule has 2 rings (SSSR count). The van der Waals surface area contributed by atoms with E-state index in [1.807, 2.05) is 6.07 Å². The second-order valence-electron chi connectivity index (χ2n) is 4.76. The molecule has 2 nitrogen and oxygen atoms in total. The lowest BCUT2D eigenvalue weighted by Gasteiger charge is -2.23. The molecular formula is C13H21ClN2S2. The Morgan fingerprint density at radius 1 is 1.44 bits per heavy atom. The number of nitrogens with zero attached hydrogens (tertiary/aromatic N) is 1. The van der Waals surface area contributed by atoms with Gasteiger partial charge in [-0.25, -0.2) is 0 Å². The van der Waals surface area contributed by atoms with Crippen molar-refractivity contribution in [2.24, 2.45) is 0 Å². The Kier molecular flexibility index (Phi) is 6.32. The van der Waals surface area contributed by atoms with Crippen molar-refractivity contribution in [3.63, 3.8) is 0 Å². The van der Waals surface area contributed by atoms with E-state index in [-0.39, 0.29) is 0 Å². The van der Waals surface area contributed by atoms with Gasteiger partial charge in [-0.2, -0.15) is 11.8 Å². The lowest BCUT2D eigenvalue weighted by molar-refractivity contribution is 0.351. The van der Waals surface area contributed by atoms with Crippen molar-refractivity contribution in [2.45, 2.75) is 24.6 Å². The minimum Gasteiger partial charge on any atom is -0.317 e. The quantitative estimate of drug-likeness (QED) is 0.868. The van der Waals surface area contributed by atoms with Crippen molar-refractivity contribution in [3.05, 3.63) is 21.3 Å². The molecule has 2 heterocycles. The molecule has 18 heavy (non-hydrogen) atoms. The molecule has 0 aromatic carbocycles. The van der Waals surface area contributed by atoms with Crippen LogP contribution >= 0.6 is 34.7 Å². The minimum atomic E-state index is 0.871. The Labute approximate surface area is 123 Å². The molecule has 0 aliphatic carbocycles. The molecule has 1 aliphatic rings. The van der Waals surface area contributed by atoms with Crippen LogP contribution in [0.15, 0.2) is 12.1 Å². The SMILES string of the molecule is CN(CCSC1CCNCC1)Cc1ccc(Cl)s1. The van der Waals surface area contributed by atoms with Crippen molar-refractivity contribution in [2.75, 3.05) is 32.4 Å². The van der Waals surface area contributed by atoms with Crippen LogP contribution in [0.2, 0.25) is 4.34 Å². The van der Waals surface area contributed by atoms with Crippen LogP contribution in [0.1, 0.15) is 17.7 Å². The molecule has 0 saturated carbocycles. The first-order valence-corrected chi connectivity index (χ1v) is 8.73. The normalized spacial score (nSPS) is 17.5. The van der Waals surface area contributed by atoms with Gasteiger partial charge in [0.2, 0.25) is 0 Å². The van der Waals surface area contributed by atoms with Crippen LogP contribution in [0.3, 0.4) is 0 Å². The van der Waals surface area contributed by atoms with Crippen molar-refractivity contribution in [1.29, 1.82) is 0 Å². The van der Waals surface area contributed by atoms with E-state index in [0.29, 0.717) is 0 Å². The van der Waals surface area contributed by atoms with Gasteiger partial charge in [0.05, 0.1) is 4.34 Å². The first-order chi connectivity index (χ1) is 8.74. The van der Waals surface area contributed by atoms with Crippen LogP contribution in [-0.2, 0) is 6.54 Å². The molecule has 0 unspecified atom stereocenters. The summed E-state index contributed by atoms with van der Waals surface area (Å²) >= 11 is 9.76. The molecular weight excluding hydrogens is 284 g/mol. The molecule has 0 amide bonds. The van der Waals surface area contributed by atoms with Crippen LogP contribution in [0.5, 0.6) is 0 Å². The Balaban J connectivity index is 1.60. The van der Waals surface area contributed by atoms with Gasteiger partial charge in [0.15, 0.2) is 0 Å². The summed E-state index contributed by atoms with van der Waals surface area (Å²) in [4.78, 5) is 3.74. The van der Waals surface area contributed by atoms with Gasteiger partial charge in [-0.3, -0.25) is 0 Å². The molecule has 0 radical (unpaired) electrons. The number of rotatable bonds is 6. The maximum absolute atomic E-state index is 5.94. The summed E-state index contributed by atoms with van der Waals surface area (Å²) in [6, 6.07) is 4.11. The zero-order valence-electron chi connectivity index (χ0n) is 10.8. The van der Waals surface area contributed by atoms with Crippen LogP contribution in [0.4, 0.5) is 0 Å². The Morgan fingerprint density at radius 2 is 2.22 bits per heavy atom. The second-order valence-corrected chi connectivity index (χ2v) is 7.97. The van der Waals surface area contributed by atoms with Crippen molar-refractivity contribution in [1.82, 2.24) is 10.2 Å². The van der Waals surface area contributed by atoms with Crippen molar-refractivity contribution >= 4 is 34.7 Å². The summed E-state index contributed by atoms with van der Waals surface area (Å²) in [6.07, 6.45) is 2.66. The van der Waals surface area contributed by atoms with Gasteiger partial charge >= 0.3 is 0 Å². The molecule has 1 aliphatic heterocycles. The topological polar surface area (TPSA) is 15.3 Å². The molecule has 1 aromatic heterocycles. The summed E-state index contributed by atoms with van der Waals surface area (Å²) in [5.74, 6) is 1.24. The van der Waals surface area contributed by atoms with Crippen LogP contribution in [0, 0.1) is 0 Å². The fraction of sp³-hybridized carbons (Fsp3) is 0.692. The van der Waals surface area contributed by atoms with Crippen LogP contribution < -0.4 is 5.32 Å². The van der Waals surface area contributed by atoms with Gasteiger partial charge in [-0.1, -0.05) is 11.6 Å². The third-order valence-electron chi connectivity index (χ3n) is 3.17. The summed E-state index contributed by atoms with van der Waals surface area (Å²) < 4.78 is 0.891. The molecule has 1 aromatic rings. The lowest BCUT2D eigenvalue weighted by atomic mass is 10.2. The zero-order chi connectivity index (χ0) is 12.8. The molecule has 5 heteroatoms. The largest absolute Gasteiger partial charge is 0.317 e. The summed E-state index contributed by atoms with van der Waals surface area (Å²) in [5, 5.41) is 4.29. The predicted molar refractivity (Wildman–Crippen MR) is 84.0 cm³/mol. The van der Waals surface area contributed by atoms with Gasteiger partial charge in [-0.05, 0) is 45.1 Å². The number of hydrogen-bond donors (Lipinski definition) is 1. The highest BCUT2D eigenvalue weighted by Gasteiger charge is 2.13. The first-order valence-electron chi connectivity index (χ1n) is 6.49. The van der Waals surface area contributed by atoms with E-state index in [9.17, 15) is 0 Å². The third kappa shape index (κ3) is 5.10. The molecule has 1 fully saturated rings. The van der Waals surface area contributed by atoms with Gasteiger partial charge in [0.25, 0.3) is 0 Å². The molecule has 0 atom stereocenters. The highest BCUT2D eigenvalue weighted by atomic mass is 35.5. The van der Waals surface area contributed by atoms with Gasteiger partial charge in [-0.15, -0.1) is 11.3 Å². The number of hydrogen-bond acceptors (Lipinski definition) is 4. The maximum Gasteiger partial charge on any atom is 0.0931 e. The molecule has 0 bridgehead atoms. The highest BCUT2D eigenvalue weighted by molar-refractivity contribution is 7.99. The summed E-state index contributed by atoms with van der Waals surface area (Å²) in [6.45, 7) is 4.57. The Bertz CT molecular complexity index is 351. The predicted octanol–water partition coefficient (Wildman–Crippen LogP) is 3.32. The number of thioether (sulfide) groups is 1. The fourth-order valence-corrected chi connectivity index (χ4v) is 4.61. The van der Waals surface area contributed by atoms with E-state index >= 15 is 0 Å². The standard InChI is InChI=1S/C13H21ClN2S2/c1-16(10-12-2-3-13(14)18-12)8-9-17-11-4-6-15-7-5-11/h2-3,11,15H,4-10H2,1H3. The monoisotopic (exact) mass is 304 g/mol. The molecule has 1 saturated heterocycles. The van der Waals surface area contributed by atoms with Gasteiger partial charge < -0.3 is 10.2 Å². The number of nitrogens with one attached hydrogen (secondary N) is 1. The Hall–Kier alpha value is 0.260. The number of halogens is 1. The smallest absolute Gasteiger partial charge is 0.0931 e. The van der Waals surface area contributed by atoms with Crippen LogP contribution in [-0.4, -0.2) is 42.6 Å². The van der Waals surface area contributed by atoms with E-state index < -0.39 is 0 Å². The van der Waals surface area contributed by atoms with Crippen molar-refractivity contribution in [3.8, 4) is 0 Å². The molecule has 1 N–H and O–H groups in total. The van der Waals surface area contributed by atoms with Gasteiger partial charge in [0, 0.05) is 29.0 Å². The Morgan fingerprint density at radius 3 is 2.89 bits per heavy atom. The molecule has 102 valence electrons. The molecule has 0 spiro atoms. The van der Waals surface area contributed by atoms with Crippen LogP contribution in [0.25, 0.3) is 0 Å². The summed E-state index contributed by atoms with van der Waals surface area (Å²) in [7, 11) is 2.19. The fourth-order valence-electron chi connectivity index (χ4n) is 2.12. The van der Waals surface area contributed by atoms with E-state index in [0.717, 1.165) is 22.7 Å². The number of thiophene rings is 1. The summed E-state index contributed by atoms with van der Waals surface area (Å²) in [5.41, 5.74) is 0. The average Bonchev–Trinajstić information content (AvgIpc) is 2.76. The third-order valence-corrected chi connectivity index (χ3v) is 5.74. The van der Waals surface area contributed by atoms with Crippen molar-refractivity contribution < 1.29 is 0 Å². The minimum absolute atomic E-state index is 0.871.